The van der Waals surface area contributed by atoms with E-state index in [1.807, 2.05) is 0 Å². The van der Waals surface area contributed by atoms with Crippen LogP contribution in [-0.4, -0.2) is 48.3 Å². The number of nitrogens with zero attached hydrogens (tertiary/aromatic N) is 1. The summed E-state index contributed by atoms with van der Waals surface area (Å²) in [5.41, 5.74) is 0.363. The van der Waals surface area contributed by atoms with Gasteiger partial charge < -0.3 is 10.4 Å². The molecule has 3 heteroatoms. The molecule has 1 heterocycles. The Morgan fingerprint density at radius 3 is 2.50 bits per heavy atom. The van der Waals surface area contributed by atoms with Crippen LogP contribution in [0.25, 0.3) is 0 Å². The summed E-state index contributed by atoms with van der Waals surface area (Å²) in [5, 5.41) is 13.0. The Balaban J connectivity index is 2.60. The molecule has 1 rings (SSSR count). The molecule has 0 saturated carbocycles. The number of rotatable bonds is 8. The fourth-order valence-corrected chi connectivity index (χ4v) is 2.94. The van der Waals surface area contributed by atoms with Crippen LogP contribution in [0, 0.1) is 5.41 Å². The zero-order valence-electron chi connectivity index (χ0n) is 12.7. The molecule has 1 atom stereocenters. The Bertz CT molecular complexity index is 227. The molecule has 1 aliphatic heterocycles. The number of hydrogen-bond donors (Lipinski definition) is 2. The van der Waals surface area contributed by atoms with Crippen molar-refractivity contribution in [2.24, 2.45) is 5.41 Å². The van der Waals surface area contributed by atoms with Crippen molar-refractivity contribution in [3.63, 3.8) is 0 Å². The molecule has 1 unspecified atom stereocenters. The van der Waals surface area contributed by atoms with E-state index in [1.54, 1.807) is 0 Å². The van der Waals surface area contributed by atoms with Crippen molar-refractivity contribution in [2.45, 2.75) is 65.5 Å². The van der Waals surface area contributed by atoms with E-state index in [-0.39, 0.29) is 0 Å². The Hall–Kier alpha value is -0.120. The lowest BCUT2D eigenvalue weighted by molar-refractivity contribution is 0.0926. The summed E-state index contributed by atoms with van der Waals surface area (Å²) in [6.45, 7) is 12.7. The maximum Gasteiger partial charge on any atom is 0.0586 e. The van der Waals surface area contributed by atoms with Crippen molar-refractivity contribution in [1.29, 1.82) is 0 Å². The standard InChI is InChI=1S/C15H32N2O/c1-5-15(6-2,11-16-13(3)4)12-17-9-7-8-14(17)10-18/h13-14,16,18H,5-12H2,1-4H3. The minimum atomic E-state index is 0.321. The molecular weight excluding hydrogens is 224 g/mol. The molecule has 0 bridgehead atoms. The summed E-state index contributed by atoms with van der Waals surface area (Å²) >= 11 is 0. The minimum Gasteiger partial charge on any atom is -0.395 e. The second-order valence-electron chi connectivity index (χ2n) is 6.19. The van der Waals surface area contributed by atoms with Gasteiger partial charge in [0.1, 0.15) is 0 Å². The maximum atomic E-state index is 9.44. The first-order chi connectivity index (χ1) is 8.56. The Morgan fingerprint density at radius 1 is 1.33 bits per heavy atom. The number of aliphatic hydroxyl groups is 1. The van der Waals surface area contributed by atoms with Crippen molar-refractivity contribution < 1.29 is 5.11 Å². The van der Waals surface area contributed by atoms with Crippen molar-refractivity contribution in [1.82, 2.24) is 10.2 Å². The van der Waals surface area contributed by atoms with Crippen LogP contribution in [-0.2, 0) is 0 Å². The Kier molecular flexibility index (Phi) is 6.61. The van der Waals surface area contributed by atoms with Gasteiger partial charge in [0.05, 0.1) is 6.61 Å². The second kappa shape index (κ2) is 7.46. The molecule has 0 aromatic carbocycles. The van der Waals surface area contributed by atoms with Crippen molar-refractivity contribution >= 4 is 0 Å². The molecule has 0 spiro atoms. The maximum absolute atomic E-state index is 9.44. The third-order valence-corrected chi connectivity index (χ3v) is 4.63. The van der Waals surface area contributed by atoms with Crippen LogP contribution < -0.4 is 5.32 Å². The van der Waals surface area contributed by atoms with Gasteiger partial charge in [-0.25, -0.2) is 0 Å². The van der Waals surface area contributed by atoms with Gasteiger partial charge in [0.15, 0.2) is 0 Å². The first-order valence-corrected chi connectivity index (χ1v) is 7.65. The Morgan fingerprint density at radius 2 is 2.00 bits per heavy atom. The van der Waals surface area contributed by atoms with E-state index < -0.39 is 0 Å². The van der Waals surface area contributed by atoms with E-state index >= 15 is 0 Å². The van der Waals surface area contributed by atoms with Crippen LogP contribution in [0.1, 0.15) is 53.4 Å². The Labute approximate surface area is 113 Å². The molecule has 0 aromatic rings. The highest BCUT2D eigenvalue weighted by Crippen LogP contribution is 2.30. The zero-order valence-corrected chi connectivity index (χ0v) is 12.7. The summed E-state index contributed by atoms with van der Waals surface area (Å²) in [6.07, 6.45) is 4.82. The van der Waals surface area contributed by atoms with Crippen LogP contribution in [0.4, 0.5) is 0 Å². The quantitative estimate of drug-likeness (QED) is 0.699. The third-order valence-electron chi connectivity index (χ3n) is 4.63. The van der Waals surface area contributed by atoms with E-state index in [0.717, 1.165) is 26.1 Å². The molecule has 1 aliphatic rings. The largest absolute Gasteiger partial charge is 0.395 e. The monoisotopic (exact) mass is 256 g/mol. The van der Waals surface area contributed by atoms with Crippen molar-refractivity contribution in [3.8, 4) is 0 Å². The van der Waals surface area contributed by atoms with Crippen LogP contribution in [0.2, 0.25) is 0 Å². The summed E-state index contributed by atoms with van der Waals surface area (Å²) < 4.78 is 0. The van der Waals surface area contributed by atoms with Gasteiger partial charge in [-0.3, -0.25) is 4.90 Å². The normalized spacial score (nSPS) is 22.0. The molecule has 0 radical (unpaired) electrons. The molecule has 108 valence electrons. The minimum absolute atomic E-state index is 0.321. The highest BCUT2D eigenvalue weighted by Gasteiger charge is 2.33. The van der Waals surface area contributed by atoms with E-state index in [1.165, 1.54) is 19.3 Å². The van der Waals surface area contributed by atoms with Gasteiger partial charge >= 0.3 is 0 Å². The highest BCUT2D eigenvalue weighted by atomic mass is 16.3. The van der Waals surface area contributed by atoms with Gasteiger partial charge in [-0.15, -0.1) is 0 Å². The van der Waals surface area contributed by atoms with E-state index in [0.29, 0.717) is 24.1 Å². The molecule has 2 N–H and O–H groups in total. The first-order valence-electron chi connectivity index (χ1n) is 7.65. The van der Waals surface area contributed by atoms with Gasteiger partial charge in [-0.05, 0) is 37.6 Å². The van der Waals surface area contributed by atoms with Crippen LogP contribution >= 0.6 is 0 Å². The van der Waals surface area contributed by atoms with Gasteiger partial charge in [0.2, 0.25) is 0 Å². The van der Waals surface area contributed by atoms with Crippen LogP contribution in [0.15, 0.2) is 0 Å². The fourth-order valence-electron chi connectivity index (χ4n) is 2.94. The average Bonchev–Trinajstić information content (AvgIpc) is 2.81. The van der Waals surface area contributed by atoms with E-state index in [4.69, 9.17) is 0 Å². The molecular formula is C15H32N2O. The topological polar surface area (TPSA) is 35.5 Å². The summed E-state index contributed by atoms with van der Waals surface area (Å²) in [6, 6.07) is 0.955. The van der Waals surface area contributed by atoms with Gasteiger partial charge in [-0.2, -0.15) is 0 Å². The third kappa shape index (κ3) is 4.22. The van der Waals surface area contributed by atoms with Crippen LogP contribution in [0.3, 0.4) is 0 Å². The average molecular weight is 256 g/mol. The van der Waals surface area contributed by atoms with E-state index in [9.17, 15) is 5.11 Å². The first kappa shape index (κ1) is 15.9. The van der Waals surface area contributed by atoms with Gasteiger partial charge in [0, 0.05) is 25.2 Å². The lowest BCUT2D eigenvalue weighted by atomic mass is 9.81. The number of nitrogens with one attached hydrogen (secondary N) is 1. The van der Waals surface area contributed by atoms with Crippen molar-refractivity contribution in [3.05, 3.63) is 0 Å². The van der Waals surface area contributed by atoms with Gasteiger partial charge in [0.25, 0.3) is 0 Å². The molecule has 0 aromatic heterocycles. The summed E-state index contributed by atoms with van der Waals surface area (Å²) in [4.78, 5) is 2.51. The number of likely N-dealkylation sites (tertiary alicyclic amines) is 1. The smallest absolute Gasteiger partial charge is 0.0586 e. The van der Waals surface area contributed by atoms with Gasteiger partial charge in [-0.1, -0.05) is 27.7 Å². The second-order valence-corrected chi connectivity index (χ2v) is 6.19. The predicted molar refractivity (Wildman–Crippen MR) is 77.8 cm³/mol. The molecule has 0 aliphatic carbocycles. The summed E-state index contributed by atoms with van der Waals surface area (Å²) in [5.74, 6) is 0. The number of hydrogen-bond acceptors (Lipinski definition) is 3. The summed E-state index contributed by atoms with van der Waals surface area (Å²) in [7, 11) is 0. The zero-order chi connectivity index (χ0) is 13.6. The van der Waals surface area contributed by atoms with Crippen LogP contribution in [0.5, 0.6) is 0 Å². The molecule has 18 heavy (non-hydrogen) atoms. The van der Waals surface area contributed by atoms with E-state index in [2.05, 4.69) is 37.9 Å². The molecule has 1 saturated heterocycles. The molecule has 0 amide bonds. The van der Waals surface area contributed by atoms with Crippen molar-refractivity contribution in [2.75, 3.05) is 26.2 Å². The molecule has 1 fully saturated rings. The highest BCUT2D eigenvalue weighted by molar-refractivity contribution is 4.88. The lowest BCUT2D eigenvalue weighted by Crippen LogP contribution is -2.47. The predicted octanol–water partition coefficient (Wildman–Crippen LogP) is 2.25. The number of aliphatic hydroxyl groups excluding tert-OH is 1. The molecule has 3 nitrogen and oxygen atoms in total. The fraction of sp³-hybridized carbons (Fsp3) is 1.00. The lowest BCUT2D eigenvalue weighted by Gasteiger charge is -2.38. The SMILES string of the molecule is CCC(CC)(CNC(C)C)CN1CCCC1CO.